The minimum atomic E-state index is 0. The Bertz CT molecular complexity index is 2050. The molecule has 0 aromatic heterocycles. The van der Waals surface area contributed by atoms with Gasteiger partial charge in [-0.1, -0.05) is 82.9 Å². The molecule has 8 aromatic carbocycles. The number of halogens is 2. The Kier molecular flexibility index (Phi) is 17.6. The summed E-state index contributed by atoms with van der Waals surface area (Å²) in [5.41, 5.74) is 11.0. The first-order valence-corrected chi connectivity index (χ1v) is 21.7. The molecule has 0 heterocycles. The van der Waals surface area contributed by atoms with Gasteiger partial charge in [0.25, 0.3) is 0 Å². The quantitative estimate of drug-likeness (QED) is 0.115. The summed E-state index contributed by atoms with van der Waals surface area (Å²) in [6.07, 6.45) is 2.10. The summed E-state index contributed by atoms with van der Waals surface area (Å²) in [7, 11) is 0.115. The molecule has 10 rings (SSSR count). The maximum Gasteiger partial charge on any atom is 2.00 e. The topological polar surface area (TPSA) is 0 Å². The Hall–Kier alpha value is -3.31. The van der Waals surface area contributed by atoms with Gasteiger partial charge in [-0.05, 0) is 39.5 Å². The van der Waals surface area contributed by atoms with Crippen molar-refractivity contribution in [1.29, 1.82) is 0 Å². The van der Waals surface area contributed by atoms with Gasteiger partial charge in [-0.2, -0.15) is 71.8 Å². The van der Waals surface area contributed by atoms with Crippen molar-refractivity contribution in [3.63, 3.8) is 0 Å². The third-order valence-electron chi connectivity index (χ3n) is 9.47. The molecule has 54 heavy (non-hydrogen) atoms. The molecule has 0 unspecified atom stereocenters. The molecule has 0 fully saturated rings. The van der Waals surface area contributed by atoms with E-state index in [1.165, 1.54) is 76.7 Å². The minimum Gasteiger partial charge on any atom is -1.00 e. The van der Waals surface area contributed by atoms with Crippen LogP contribution in [0.2, 0.25) is 0 Å². The Morgan fingerprint density at radius 1 is 0.444 bits per heavy atom. The Labute approximate surface area is 352 Å². The van der Waals surface area contributed by atoms with Crippen molar-refractivity contribution in [2.24, 2.45) is 0 Å². The maximum absolute atomic E-state index is 3.30. The van der Waals surface area contributed by atoms with Crippen LogP contribution < -0.4 is 20.0 Å². The fraction of sp³-hybridized carbons (Fsp3) is 0.125. The number of hydrogen-bond acceptors (Lipinski definition) is 0. The fourth-order valence-electron chi connectivity index (χ4n) is 6.78. The van der Waals surface area contributed by atoms with Gasteiger partial charge in [0.15, 0.2) is 0 Å². The molecule has 0 N–H and O–H groups in total. The molecule has 2 aliphatic carbocycles. The molecule has 268 valence electrons. The summed E-state index contributed by atoms with van der Waals surface area (Å²) < 4.78 is 0. The average Bonchev–Trinajstić information content (AvgIpc) is 3.94. The van der Waals surface area contributed by atoms with E-state index in [9.17, 15) is 0 Å². The predicted molar refractivity (Wildman–Crippen MR) is 223 cm³/mol. The van der Waals surface area contributed by atoms with Gasteiger partial charge in [0.05, 0.1) is 0 Å². The first-order chi connectivity index (χ1) is 24.4. The number of rotatable bonds is 2. The zero-order valence-electron chi connectivity index (χ0n) is 31.1. The van der Waals surface area contributed by atoms with Crippen LogP contribution in [0.25, 0.3) is 43.8 Å². The van der Waals surface area contributed by atoms with Crippen molar-refractivity contribution in [3.8, 4) is 22.3 Å². The second-order valence-corrected chi connectivity index (χ2v) is 17.9. The van der Waals surface area contributed by atoms with Crippen LogP contribution in [0.4, 0.5) is 0 Å². The zero-order valence-corrected chi connectivity index (χ0v) is 36.0. The molecular weight excluding hydrogens is 772 g/mol. The number of benzene rings is 6. The van der Waals surface area contributed by atoms with E-state index in [0.717, 1.165) is 12.8 Å². The van der Waals surface area contributed by atoms with E-state index in [-0.39, 0.29) is 68.7 Å². The van der Waals surface area contributed by atoms with Crippen LogP contribution in [0, 0.1) is 12.1 Å². The van der Waals surface area contributed by atoms with E-state index in [1.54, 1.807) is 0 Å². The van der Waals surface area contributed by atoms with Crippen LogP contribution in [-0.4, -0.2) is 26.7 Å². The summed E-state index contributed by atoms with van der Waals surface area (Å²) in [4.78, 5) is 0. The maximum atomic E-state index is 3.30. The fourth-order valence-corrected chi connectivity index (χ4v) is 8.37. The standard InChI is InChI=1S/2C13H9.2C11H12P.2FH.2Ti/c2*1-3-7-12-10(5-1)9-11-6-2-4-8-13(11)12;2*1-12(2)11-7-9-5-3-4-6-10(9)8-11;;;;/h2*1-5,7-8H,9H2;2*3-8H,1-2H3;2*1H;;/q4*-1;;;2*+2/p-2. The smallest absolute Gasteiger partial charge is 1.00 e. The van der Waals surface area contributed by atoms with E-state index in [0.29, 0.717) is 0 Å². The predicted octanol–water partition coefficient (Wildman–Crippen LogP) is 5.97. The molecule has 0 spiro atoms. The third-order valence-corrected chi connectivity index (χ3v) is 12.1. The van der Waals surface area contributed by atoms with Crippen molar-refractivity contribution in [1.82, 2.24) is 0 Å². The van der Waals surface area contributed by atoms with Crippen molar-refractivity contribution >= 4 is 48.0 Å². The molecular formula is C48H42F2P2Ti2-2. The molecule has 8 aromatic rings. The molecule has 0 aliphatic heterocycles. The van der Waals surface area contributed by atoms with E-state index >= 15 is 0 Å². The van der Waals surface area contributed by atoms with Crippen molar-refractivity contribution in [2.45, 2.75) is 12.8 Å². The van der Waals surface area contributed by atoms with Gasteiger partial charge >= 0.3 is 43.4 Å². The summed E-state index contributed by atoms with van der Waals surface area (Å²) in [5.74, 6) is 0. The van der Waals surface area contributed by atoms with Crippen LogP contribution in [0.15, 0.2) is 158 Å². The van der Waals surface area contributed by atoms with Crippen LogP contribution in [0.1, 0.15) is 22.3 Å². The second kappa shape index (κ2) is 21.1. The van der Waals surface area contributed by atoms with Gasteiger partial charge in [0.1, 0.15) is 0 Å². The van der Waals surface area contributed by atoms with Gasteiger partial charge in [0, 0.05) is 0 Å². The Morgan fingerprint density at radius 3 is 1.19 bits per heavy atom. The largest absolute Gasteiger partial charge is 2.00 e. The Balaban J connectivity index is 0.000000189. The van der Waals surface area contributed by atoms with E-state index in [2.05, 4.69) is 184 Å². The van der Waals surface area contributed by atoms with Crippen LogP contribution in [-0.2, 0) is 56.3 Å². The summed E-state index contributed by atoms with van der Waals surface area (Å²) in [5, 5.41) is 8.53. The molecule has 2 aliphatic rings. The summed E-state index contributed by atoms with van der Waals surface area (Å²) in [6.45, 7) is 9.18. The molecule has 0 amide bonds. The van der Waals surface area contributed by atoms with E-state index in [1.807, 2.05) is 12.1 Å². The Morgan fingerprint density at radius 2 is 0.796 bits per heavy atom. The summed E-state index contributed by atoms with van der Waals surface area (Å²) in [6, 6.07) is 62.5. The SMILES string of the molecule is CP(C)c1cc2ccccc2[cH-]1.CP(C)c1cc2ccccc2[cH-]1.[F-].[F-].[Ti+2].[Ti+2].[c-]1cccc2c1Cc1ccccc1-2.[c-]1cccc2c1Cc1ccccc1-2. The monoisotopic (exact) mass is 814 g/mol. The average molecular weight is 815 g/mol. The minimum absolute atomic E-state index is 0. The molecule has 0 saturated heterocycles. The van der Waals surface area contributed by atoms with Crippen molar-refractivity contribution in [2.75, 3.05) is 26.7 Å². The van der Waals surface area contributed by atoms with Crippen LogP contribution in [0.3, 0.4) is 0 Å². The molecule has 0 nitrogen and oxygen atoms in total. The van der Waals surface area contributed by atoms with E-state index in [4.69, 9.17) is 0 Å². The molecule has 0 saturated carbocycles. The third kappa shape index (κ3) is 10.5. The number of fused-ring (bicyclic) bond motifs is 8. The van der Waals surface area contributed by atoms with Gasteiger partial charge in [-0.3, -0.25) is 0 Å². The van der Waals surface area contributed by atoms with E-state index < -0.39 is 0 Å². The van der Waals surface area contributed by atoms with Gasteiger partial charge in [-0.25, -0.2) is 0 Å². The molecule has 0 atom stereocenters. The van der Waals surface area contributed by atoms with Gasteiger partial charge < -0.3 is 9.41 Å². The first-order valence-electron chi connectivity index (χ1n) is 17.3. The number of hydrogen-bond donors (Lipinski definition) is 0. The summed E-state index contributed by atoms with van der Waals surface area (Å²) >= 11 is 0. The van der Waals surface area contributed by atoms with Gasteiger partial charge in [-0.15, -0.1) is 108 Å². The van der Waals surface area contributed by atoms with Gasteiger partial charge in [0.2, 0.25) is 0 Å². The normalized spacial score (nSPS) is 10.9. The van der Waals surface area contributed by atoms with Crippen LogP contribution >= 0.6 is 15.8 Å². The second-order valence-electron chi connectivity index (χ2n) is 13.3. The molecule has 0 bridgehead atoms. The first kappa shape index (κ1) is 45.1. The zero-order chi connectivity index (χ0) is 34.5. The van der Waals surface area contributed by atoms with Crippen molar-refractivity contribution < 1.29 is 52.8 Å². The molecule has 0 radical (unpaired) electrons. The van der Waals surface area contributed by atoms with Crippen LogP contribution in [0.5, 0.6) is 0 Å². The van der Waals surface area contributed by atoms with Crippen molar-refractivity contribution in [3.05, 3.63) is 192 Å². The molecule has 6 heteroatoms.